The van der Waals surface area contributed by atoms with Crippen LogP contribution in [0.3, 0.4) is 0 Å². The Kier molecular flexibility index (Phi) is 9.68. The van der Waals surface area contributed by atoms with Gasteiger partial charge in [0, 0.05) is 18.7 Å². The fourth-order valence-electron chi connectivity index (χ4n) is 5.07. The number of aliphatic hydroxyl groups excluding tert-OH is 1. The number of carbonyl (C=O) groups excluding carboxylic acids is 2. The summed E-state index contributed by atoms with van der Waals surface area (Å²) in [5.74, 6) is -0.828. The van der Waals surface area contributed by atoms with Crippen LogP contribution in [0.1, 0.15) is 49.1 Å². The Bertz CT molecular complexity index is 1410. The molecule has 1 unspecified atom stereocenters. The summed E-state index contributed by atoms with van der Waals surface area (Å²) in [4.78, 5) is 30.5. The summed E-state index contributed by atoms with van der Waals surface area (Å²) in [5, 5.41) is 21.8. The van der Waals surface area contributed by atoms with Gasteiger partial charge in [0.1, 0.15) is 18.1 Å². The molecule has 0 aliphatic carbocycles. The first-order valence-corrected chi connectivity index (χ1v) is 14.0. The number of aliphatic hydroxyl groups is 1. The number of ether oxygens (including phenoxy) is 2. The molecule has 1 fully saturated rings. The molecule has 41 heavy (non-hydrogen) atoms. The van der Waals surface area contributed by atoms with Gasteiger partial charge in [-0.05, 0) is 74.0 Å². The van der Waals surface area contributed by atoms with Gasteiger partial charge in [0.2, 0.25) is 0 Å². The molecule has 1 atom stereocenters. The second-order valence-electron chi connectivity index (χ2n) is 9.93. The normalized spacial score (nSPS) is 16.4. The van der Waals surface area contributed by atoms with Crippen LogP contribution in [0.4, 0.5) is 0 Å². The Hall–Kier alpha value is -4.30. The Morgan fingerprint density at radius 3 is 2.32 bits per heavy atom. The SMILES string of the molecule is CCOc1cc(C2C(=C(O)c3ccc(OCc4ccccc4)c(C)c3)C(=O)C(=O)N2CCN(CC)CC)ccc1O. The number of carbonyl (C=O) groups is 2. The zero-order valence-electron chi connectivity index (χ0n) is 24.1. The van der Waals surface area contributed by atoms with Gasteiger partial charge in [0.15, 0.2) is 11.5 Å². The number of phenols is 1. The highest BCUT2D eigenvalue weighted by Gasteiger charge is 2.46. The first kappa shape index (κ1) is 29.7. The van der Waals surface area contributed by atoms with Crippen molar-refractivity contribution in [3.05, 3.63) is 94.6 Å². The number of Topliss-reactive ketones (excluding diaryl/α,β-unsaturated/α-hetero) is 1. The van der Waals surface area contributed by atoms with E-state index in [0.717, 1.165) is 24.2 Å². The average Bonchev–Trinajstić information content (AvgIpc) is 3.23. The molecule has 0 saturated carbocycles. The summed E-state index contributed by atoms with van der Waals surface area (Å²) >= 11 is 0. The summed E-state index contributed by atoms with van der Waals surface area (Å²) in [5.41, 5.74) is 2.78. The van der Waals surface area contributed by atoms with Gasteiger partial charge in [-0.25, -0.2) is 0 Å². The van der Waals surface area contributed by atoms with Crippen LogP contribution in [-0.2, 0) is 16.2 Å². The summed E-state index contributed by atoms with van der Waals surface area (Å²) in [6.45, 7) is 10.9. The molecule has 0 radical (unpaired) electrons. The number of rotatable bonds is 12. The quantitative estimate of drug-likeness (QED) is 0.173. The number of aromatic hydroxyl groups is 1. The third-order valence-electron chi connectivity index (χ3n) is 7.38. The summed E-state index contributed by atoms with van der Waals surface area (Å²) in [6, 6.07) is 18.9. The van der Waals surface area contributed by atoms with Crippen LogP contribution < -0.4 is 9.47 Å². The minimum absolute atomic E-state index is 0.0000362. The molecule has 1 aliphatic heterocycles. The van der Waals surface area contributed by atoms with Crippen molar-refractivity contribution in [1.82, 2.24) is 9.80 Å². The lowest BCUT2D eigenvalue weighted by Gasteiger charge is -2.28. The van der Waals surface area contributed by atoms with Gasteiger partial charge in [-0.3, -0.25) is 9.59 Å². The van der Waals surface area contributed by atoms with Gasteiger partial charge >= 0.3 is 0 Å². The number of likely N-dealkylation sites (tertiary alicyclic amines) is 1. The lowest BCUT2D eigenvalue weighted by Crippen LogP contribution is -2.38. The molecule has 1 amide bonds. The Balaban J connectivity index is 1.73. The minimum atomic E-state index is -0.848. The van der Waals surface area contributed by atoms with E-state index in [1.165, 1.54) is 11.0 Å². The van der Waals surface area contributed by atoms with Gasteiger partial charge < -0.3 is 29.5 Å². The summed E-state index contributed by atoms with van der Waals surface area (Å²) < 4.78 is 11.6. The number of benzene rings is 3. The lowest BCUT2D eigenvalue weighted by molar-refractivity contribution is -0.140. The number of phenolic OH excluding ortho intramolecular Hbond substituents is 1. The van der Waals surface area contributed by atoms with Gasteiger partial charge in [0.05, 0.1) is 18.2 Å². The first-order chi connectivity index (χ1) is 19.8. The molecule has 2 N–H and O–H groups in total. The molecule has 4 rings (SSSR count). The molecule has 1 saturated heterocycles. The molecular weight excluding hydrogens is 520 g/mol. The Labute approximate surface area is 241 Å². The fourth-order valence-corrected chi connectivity index (χ4v) is 5.07. The Morgan fingerprint density at radius 2 is 1.66 bits per heavy atom. The van der Waals surface area contributed by atoms with Crippen LogP contribution in [0.25, 0.3) is 5.76 Å². The van der Waals surface area contributed by atoms with E-state index in [9.17, 15) is 19.8 Å². The van der Waals surface area contributed by atoms with Crippen LogP contribution in [-0.4, -0.2) is 64.5 Å². The third-order valence-corrected chi connectivity index (χ3v) is 7.38. The van der Waals surface area contributed by atoms with Crippen molar-refractivity contribution >= 4 is 17.4 Å². The molecule has 216 valence electrons. The number of likely N-dealkylation sites (N-methyl/N-ethyl adjacent to an activating group) is 1. The van der Waals surface area contributed by atoms with Crippen molar-refractivity contribution in [2.24, 2.45) is 0 Å². The van der Waals surface area contributed by atoms with E-state index in [0.29, 0.717) is 43.2 Å². The molecular formula is C33H38N2O6. The maximum absolute atomic E-state index is 13.5. The third kappa shape index (κ3) is 6.55. The number of nitrogens with zero attached hydrogens (tertiary/aromatic N) is 2. The van der Waals surface area contributed by atoms with Crippen molar-refractivity contribution < 1.29 is 29.3 Å². The number of ketones is 1. The predicted octanol–water partition coefficient (Wildman–Crippen LogP) is 5.44. The number of aryl methyl sites for hydroxylation is 1. The number of amides is 1. The van der Waals surface area contributed by atoms with Gasteiger partial charge in [0.25, 0.3) is 11.7 Å². The summed E-state index contributed by atoms with van der Waals surface area (Å²) in [6.07, 6.45) is 0. The number of hydrogen-bond donors (Lipinski definition) is 2. The standard InChI is InChI=1S/C33H38N2O6/c1-5-34(6-2)17-18-35-30(24-13-15-26(36)28(20-24)40-7-3)29(32(38)33(35)39)31(37)25-14-16-27(22(4)19-25)41-21-23-11-9-8-10-12-23/h8-16,19-20,30,36-37H,5-7,17-18,21H2,1-4H3. The predicted molar refractivity (Wildman–Crippen MR) is 158 cm³/mol. The second-order valence-corrected chi connectivity index (χ2v) is 9.93. The topological polar surface area (TPSA) is 99.5 Å². The van der Waals surface area contributed by atoms with Crippen molar-refractivity contribution in [2.75, 3.05) is 32.8 Å². The first-order valence-electron chi connectivity index (χ1n) is 14.0. The average molecular weight is 559 g/mol. The van der Waals surface area contributed by atoms with Crippen LogP contribution in [0.15, 0.2) is 72.3 Å². The molecule has 1 aliphatic rings. The van der Waals surface area contributed by atoms with Crippen LogP contribution >= 0.6 is 0 Å². The zero-order valence-corrected chi connectivity index (χ0v) is 24.1. The van der Waals surface area contributed by atoms with Crippen molar-refractivity contribution in [1.29, 1.82) is 0 Å². The Morgan fingerprint density at radius 1 is 0.927 bits per heavy atom. The molecule has 1 heterocycles. The molecule has 8 nitrogen and oxygen atoms in total. The van der Waals surface area contributed by atoms with E-state index in [1.807, 2.05) is 51.1 Å². The van der Waals surface area contributed by atoms with Gasteiger partial charge in [-0.1, -0.05) is 50.2 Å². The maximum Gasteiger partial charge on any atom is 0.295 e. The highest BCUT2D eigenvalue weighted by atomic mass is 16.5. The van der Waals surface area contributed by atoms with Crippen molar-refractivity contribution in [3.8, 4) is 17.2 Å². The van der Waals surface area contributed by atoms with Gasteiger partial charge in [-0.15, -0.1) is 0 Å². The molecule has 3 aromatic carbocycles. The van der Waals surface area contributed by atoms with Gasteiger partial charge in [-0.2, -0.15) is 0 Å². The minimum Gasteiger partial charge on any atom is -0.507 e. The highest BCUT2D eigenvalue weighted by molar-refractivity contribution is 6.46. The second kappa shape index (κ2) is 13.4. The van der Waals surface area contributed by atoms with Crippen LogP contribution in [0.2, 0.25) is 0 Å². The van der Waals surface area contributed by atoms with E-state index in [4.69, 9.17) is 9.47 Å². The van der Waals surface area contributed by atoms with Crippen LogP contribution in [0, 0.1) is 6.92 Å². The summed E-state index contributed by atoms with van der Waals surface area (Å²) in [7, 11) is 0. The number of hydrogen-bond acceptors (Lipinski definition) is 7. The lowest BCUT2D eigenvalue weighted by atomic mass is 9.94. The molecule has 0 spiro atoms. The van der Waals surface area contributed by atoms with Crippen molar-refractivity contribution in [2.45, 2.75) is 40.3 Å². The van der Waals surface area contributed by atoms with Crippen molar-refractivity contribution in [3.63, 3.8) is 0 Å². The maximum atomic E-state index is 13.5. The van der Waals surface area contributed by atoms with E-state index in [2.05, 4.69) is 4.90 Å². The monoisotopic (exact) mass is 558 g/mol. The van der Waals surface area contributed by atoms with E-state index in [1.54, 1.807) is 37.3 Å². The fraction of sp³-hybridized carbons (Fsp3) is 0.333. The largest absolute Gasteiger partial charge is 0.507 e. The molecule has 0 aromatic heterocycles. The molecule has 0 bridgehead atoms. The molecule has 8 heteroatoms. The highest BCUT2D eigenvalue weighted by Crippen LogP contribution is 2.42. The molecule has 3 aromatic rings. The van der Waals surface area contributed by atoms with Crippen LogP contribution in [0.5, 0.6) is 17.2 Å². The van der Waals surface area contributed by atoms with E-state index >= 15 is 0 Å². The zero-order chi connectivity index (χ0) is 29.5. The van der Waals surface area contributed by atoms with E-state index < -0.39 is 17.7 Å². The van der Waals surface area contributed by atoms with E-state index in [-0.39, 0.29) is 22.8 Å². The smallest absolute Gasteiger partial charge is 0.295 e.